The van der Waals surface area contributed by atoms with Crippen molar-refractivity contribution in [2.24, 2.45) is 0 Å². The highest BCUT2D eigenvalue weighted by Gasteiger charge is 2.49. The number of aromatic nitrogens is 2. The number of nitriles is 1. The fourth-order valence-corrected chi connectivity index (χ4v) is 4.45. The number of H-pyrrole nitrogens is 1. The minimum atomic E-state index is -0.890. The van der Waals surface area contributed by atoms with E-state index < -0.39 is 11.6 Å². The van der Waals surface area contributed by atoms with Crippen LogP contribution in [0.4, 0.5) is 10.1 Å². The molecule has 3 aromatic carbocycles. The number of carbonyl (C=O) groups excluding carboxylic acids is 1. The zero-order valence-electron chi connectivity index (χ0n) is 16.9. The molecule has 2 N–H and O–H groups in total. The van der Waals surface area contributed by atoms with Gasteiger partial charge in [-0.1, -0.05) is 29.8 Å². The molecule has 0 unspecified atom stereocenters. The summed E-state index contributed by atoms with van der Waals surface area (Å²) in [6.45, 7) is 0. The summed E-state index contributed by atoms with van der Waals surface area (Å²) in [6, 6.07) is 21.4. The van der Waals surface area contributed by atoms with Gasteiger partial charge in [0.15, 0.2) is 0 Å². The molecule has 158 valence electrons. The van der Waals surface area contributed by atoms with Crippen molar-refractivity contribution in [1.29, 1.82) is 5.26 Å². The van der Waals surface area contributed by atoms with Crippen LogP contribution in [0.1, 0.15) is 40.2 Å². The molecule has 5 nitrogen and oxygen atoms in total. The number of rotatable bonds is 4. The van der Waals surface area contributed by atoms with Gasteiger partial charge in [-0.2, -0.15) is 5.26 Å². The van der Waals surface area contributed by atoms with Crippen LogP contribution in [0.15, 0.2) is 66.7 Å². The summed E-state index contributed by atoms with van der Waals surface area (Å²) in [5.41, 5.74) is 3.43. The zero-order valence-corrected chi connectivity index (χ0v) is 17.7. The van der Waals surface area contributed by atoms with Gasteiger partial charge in [-0.15, -0.1) is 0 Å². The summed E-state index contributed by atoms with van der Waals surface area (Å²) in [7, 11) is 0. The highest BCUT2D eigenvalue weighted by molar-refractivity contribution is 6.31. The maximum absolute atomic E-state index is 14.1. The van der Waals surface area contributed by atoms with Gasteiger partial charge in [-0.3, -0.25) is 4.79 Å². The van der Waals surface area contributed by atoms with E-state index in [1.807, 2.05) is 30.3 Å². The van der Waals surface area contributed by atoms with Crippen LogP contribution in [0.5, 0.6) is 0 Å². The molecule has 32 heavy (non-hydrogen) atoms. The summed E-state index contributed by atoms with van der Waals surface area (Å²) in [5, 5.41) is 12.5. The van der Waals surface area contributed by atoms with Gasteiger partial charge in [-0.05, 0) is 66.9 Å². The second kappa shape index (κ2) is 7.77. The van der Waals surface area contributed by atoms with Crippen molar-refractivity contribution < 1.29 is 9.18 Å². The molecule has 0 aliphatic heterocycles. The predicted molar refractivity (Wildman–Crippen MR) is 122 cm³/mol. The Balaban J connectivity index is 1.42. The quantitative estimate of drug-likeness (QED) is 0.420. The average molecular weight is 445 g/mol. The van der Waals surface area contributed by atoms with Crippen LogP contribution in [0, 0.1) is 11.3 Å². The number of halogens is 2. The van der Waals surface area contributed by atoms with E-state index in [4.69, 9.17) is 21.8 Å². The smallest absolute Gasteiger partial charge is 0.255 e. The van der Waals surface area contributed by atoms with Crippen molar-refractivity contribution in [2.45, 2.75) is 24.4 Å². The van der Waals surface area contributed by atoms with Crippen LogP contribution in [-0.2, 0) is 5.41 Å². The Bertz CT molecular complexity index is 1370. The molecule has 0 spiro atoms. The van der Waals surface area contributed by atoms with E-state index in [0.717, 1.165) is 16.6 Å². The fraction of sp³-hybridized carbons (Fsp3) is 0.160. The number of alkyl halides is 1. The molecular formula is C25H18ClFN4O. The molecule has 5 rings (SSSR count). The van der Waals surface area contributed by atoms with Crippen molar-refractivity contribution in [3.8, 4) is 6.07 Å². The largest absolute Gasteiger partial charge is 0.341 e. The zero-order chi connectivity index (χ0) is 22.3. The molecule has 1 saturated carbocycles. The standard InChI is InChI=1S/C25H18ClFN4O/c26-18-6-9-21-22(11-18)31-24(30-21)25(12-19(27)13-25)17-4-7-20(8-5-17)29-23(32)16-3-1-2-15(10-16)14-28/h1-11,19H,12-13H2,(H,29,32)(H,30,31). The molecule has 0 atom stereocenters. The van der Waals surface area contributed by atoms with Gasteiger partial charge >= 0.3 is 0 Å². The molecule has 1 fully saturated rings. The van der Waals surface area contributed by atoms with Crippen LogP contribution in [0.25, 0.3) is 11.0 Å². The average Bonchev–Trinajstić information content (AvgIpc) is 3.20. The SMILES string of the molecule is N#Cc1cccc(C(=O)Nc2ccc(C3(c4nc5ccc(Cl)cc5[nH]4)CC(F)C3)cc2)c1. The van der Waals surface area contributed by atoms with Gasteiger partial charge < -0.3 is 10.3 Å². The van der Waals surface area contributed by atoms with Crippen molar-refractivity contribution in [2.75, 3.05) is 5.32 Å². The first-order valence-electron chi connectivity index (χ1n) is 10.2. The van der Waals surface area contributed by atoms with Crippen LogP contribution < -0.4 is 5.32 Å². The van der Waals surface area contributed by atoms with E-state index in [2.05, 4.69) is 10.3 Å². The Morgan fingerprint density at radius 3 is 2.66 bits per heavy atom. The number of amides is 1. The van der Waals surface area contributed by atoms with Crippen LogP contribution in [-0.4, -0.2) is 22.0 Å². The molecular weight excluding hydrogens is 427 g/mol. The Hall–Kier alpha value is -3.69. The third-order valence-corrected chi connectivity index (χ3v) is 6.22. The number of anilines is 1. The number of hydrogen-bond donors (Lipinski definition) is 2. The number of nitrogens with one attached hydrogen (secondary N) is 2. The second-order valence-electron chi connectivity index (χ2n) is 8.06. The minimum absolute atomic E-state index is 0.300. The molecule has 1 heterocycles. The third-order valence-electron chi connectivity index (χ3n) is 5.99. The highest BCUT2D eigenvalue weighted by atomic mass is 35.5. The minimum Gasteiger partial charge on any atom is -0.341 e. The Kier molecular flexibility index (Phi) is 4.91. The van der Waals surface area contributed by atoms with Gasteiger partial charge in [0, 0.05) is 16.3 Å². The molecule has 0 bridgehead atoms. The third kappa shape index (κ3) is 3.51. The number of nitrogens with zero attached hydrogens (tertiary/aromatic N) is 2. The Morgan fingerprint density at radius 1 is 1.16 bits per heavy atom. The van der Waals surface area contributed by atoms with Gasteiger partial charge in [0.25, 0.3) is 5.91 Å². The van der Waals surface area contributed by atoms with E-state index in [-0.39, 0.29) is 5.91 Å². The Labute approximate surface area is 188 Å². The number of imidazole rings is 1. The first kappa shape index (κ1) is 20.2. The lowest BCUT2D eigenvalue weighted by Gasteiger charge is -2.43. The first-order chi connectivity index (χ1) is 15.5. The first-order valence-corrected chi connectivity index (χ1v) is 10.6. The van der Waals surface area contributed by atoms with Gasteiger partial charge in [0.1, 0.15) is 12.0 Å². The number of benzene rings is 3. The molecule has 1 aliphatic carbocycles. The van der Waals surface area contributed by atoms with Crippen LogP contribution in [0.3, 0.4) is 0 Å². The highest BCUT2D eigenvalue weighted by Crippen LogP contribution is 2.50. The lowest BCUT2D eigenvalue weighted by molar-refractivity contribution is 0.102. The molecule has 1 aliphatic rings. The van der Waals surface area contributed by atoms with Gasteiger partial charge in [0.2, 0.25) is 0 Å². The van der Waals surface area contributed by atoms with Gasteiger partial charge in [0.05, 0.1) is 28.1 Å². The topological polar surface area (TPSA) is 81.6 Å². The molecule has 0 radical (unpaired) electrons. The number of fused-ring (bicyclic) bond motifs is 1. The van der Waals surface area contributed by atoms with Gasteiger partial charge in [-0.25, -0.2) is 9.37 Å². The summed E-state index contributed by atoms with van der Waals surface area (Å²) < 4.78 is 14.1. The lowest BCUT2D eigenvalue weighted by Crippen LogP contribution is -2.44. The summed E-state index contributed by atoms with van der Waals surface area (Å²) >= 11 is 6.09. The Morgan fingerprint density at radius 2 is 1.94 bits per heavy atom. The van der Waals surface area contributed by atoms with Crippen molar-refractivity contribution in [3.63, 3.8) is 0 Å². The van der Waals surface area contributed by atoms with E-state index in [9.17, 15) is 9.18 Å². The molecule has 7 heteroatoms. The lowest BCUT2D eigenvalue weighted by atomic mass is 9.62. The number of aromatic amines is 1. The molecule has 4 aromatic rings. The summed E-state index contributed by atoms with van der Waals surface area (Å²) in [5.74, 6) is 0.417. The van der Waals surface area contributed by atoms with Crippen LogP contribution >= 0.6 is 11.6 Å². The van der Waals surface area contributed by atoms with Crippen molar-refractivity contribution in [1.82, 2.24) is 9.97 Å². The second-order valence-corrected chi connectivity index (χ2v) is 8.50. The van der Waals surface area contributed by atoms with E-state index >= 15 is 0 Å². The monoisotopic (exact) mass is 444 g/mol. The molecule has 1 amide bonds. The normalized spacial score (nSPS) is 19.8. The maximum Gasteiger partial charge on any atom is 0.255 e. The number of carbonyl (C=O) groups is 1. The van der Waals surface area contributed by atoms with E-state index in [0.29, 0.717) is 40.5 Å². The summed E-state index contributed by atoms with van der Waals surface area (Å²) in [4.78, 5) is 20.6. The molecule has 0 saturated heterocycles. The van der Waals surface area contributed by atoms with Crippen molar-refractivity contribution in [3.05, 3.63) is 94.3 Å². The molecule has 1 aromatic heterocycles. The summed E-state index contributed by atoms with van der Waals surface area (Å²) in [6.07, 6.45) is -0.209. The van der Waals surface area contributed by atoms with E-state index in [1.165, 1.54) is 0 Å². The van der Waals surface area contributed by atoms with Crippen LogP contribution in [0.2, 0.25) is 5.02 Å². The predicted octanol–water partition coefficient (Wildman–Crippen LogP) is 5.76. The fourth-order valence-electron chi connectivity index (χ4n) is 4.28. The van der Waals surface area contributed by atoms with E-state index in [1.54, 1.807) is 42.5 Å². The van der Waals surface area contributed by atoms with Crippen molar-refractivity contribution >= 4 is 34.2 Å². The number of hydrogen-bond acceptors (Lipinski definition) is 3. The maximum atomic E-state index is 14.1.